The first-order chi connectivity index (χ1) is 12.3. The summed E-state index contributed by atoms with van der Waals surface area (Å²) in [5, 5.41) is 0.569. The van der Waals surface area contributed by atoms with Gasteiger partial charge in [0.2, 0.25) is 5.91 Å². The molecule has 0 bridgehead atoms. The summed E-state index contributed by atoms with van der Waals surface area (Å²) in [6.45, 7) is 7.44. The molecule has 3 rings (SSSR count). The molecular weight excluding hydrogens is 332 g/mol. The lowest BCUT2D eigenvalue weighted by Gasteiger charge is -2.38. The number of hydrogen-bond donors (Lipinski definition) is 1. The Labute approximate surface area is 153 Å². The van der Waals surface area contributed by atoms with Gasteiger partial charge < -0.3 is 14.6 Å². The Hall–Kier alpha value is -2.25. The fourth-order valence-corrected chi connectivity index (χ4v) is 3.39. The van der Waals surface area contributed by atoms with Gasteiger partial charge in [0, 0.05) is 13.1 Å². The van der Waals surface area contributed by atoms with Crippen LogP contribution < -0.4 is 5.56 Å². The topological polar surface area (TPSA) is 78.5 Å². The van der Waals surface area contributed by atoms with E-state index in [4.69, 9.17) is 4.74 Å². The molecule has 3 atom stereocenters. The second kappa shape index (κ2) is 7.55. The SMILES string of the molecule is C[C@@H]1CN(C(=O)[C@H](C)N(C)Cc2nc3ccccc3c(=O)[nH]2)C[C@@H](C)O1. The molecule has 1 aliphatic rings. The quantitative estimate of drug-likeness (QED) is 0.893. The molecule has 1 aliphatic heterocycles. The van der Waals surface area contributed by atoms with Crippen LogP contribution in [0.2, 0.25) is 0 Å². The number of benzene rings is 1. The van der Waals surface area contributed by atoms with Crippen molar-refractivity contribution in [3.8, 4) is 0 Å². The van der Waals surface area contributed by atoms with Gasteiger partial charge in [-0.05, 0) is 40.0 Å². The summed E-state index contributed by atoms with van der Waals surface area (Å²) >= 11 is 0. The Kier molecular flexibility index (Phi) is 5.38. The number of carbonyl (C=O) groups is 1. The first kappa shape index (κ1) is 18.5. The Bertz CT molecular complexity index is 840. The second-order valence-electron chi connectivity index (χ2n) is 7.12. The normalized spacial score (nSPS) is 22.0. The zero-order valence-electron chi connectivity index (χ0n) is 15.7. The van der Waals surface area contributed by atoms with Crippen LogP contribution in [0.3, 0.4) is 0 Å². The van der Waals surface area contributed by atoms with Crippen LogP contribution in [0.25, 0.3) is 10.9 Å². The summed E-state index contributed by atoms with van der Waals surface area (Å²) in [6, 6.07) is 6.93. The van der Waals surface area contributed by atoms with Crippen LogP contribution in [0.1, 0.15) is 26.6 Å². The molecule has 0 aliphatic carbocycles. The summed E-state index contributed by atoms with van der Waals surface area (Å²) in [5.41, 5.74) is 0.503. The van der Waals surface area contributed by atoms with Crippen molar-refractivity contribution < 1.29 is 9.53 Å². The number of aromatic amines is 1. The lowest BCUT2D eigenvalue weighted by molar-refractivity contribution is -0.148. The molecule has 1 amide bonds. The molecule has 0 saturated carbocycles. The number of rotatable bonds is 4. The minimum atomic E-state index is -0.315. The van der Waals surface area contributed by atoms with Crippen molar-refractivity contribution in [3.05, 3.63) is 40.4 Å². The highest BCUT2D eigenvalue weighted by molar-refractivity contribution is 5.81. The number of carbonyl (C=O) groups excluding carboxylic acids is 1. The maximum Gasteiger partial charge on any atom is 0.258 e. The molecule has 0 unspecified atom stereocenters. The van der Waals surface area contributed by atoms with Crippen molar-refractivity contribution in [2.45, 2.75) is 45.6 Å². The number of nitrogens with one attached hydrogen (secondary N) is 1. The molecule has 1 aromatic carbocycles. The molecule has 1 aromatic heterocycles. The van der Waals surface area contributed by atoms with Crippen LogP contribution in [0.15, 0.2) is 29.1 Å². The molecule has 7 heteroatoms. The molecule has 1 N–H and O–H groups in total. The molecule has 7 nitrogen and oxygen atoms in total. The van der Waals surface area contributed by atoms with Gasteiger partial charge in [0.25, 0.3) is 5.56 Å². The van der Waals surface area contributed by atoms with Crippen molar-refractivity contribution >= 4 is 16.8 Å². The molecule has 0 spiro atoms. The first-order valence-electron chi connectivity index (χ1n) is 8.97. The number of likely N-dealkylation sites (N-methyl/N-ethyl adjacent to an activating group) is 1. The fourth-order valence-electron chi connectivity index (χ4n) is 3.39. The molecule has 0 radical (unpaired) electrons. The zero-order valence-corrected chi connectivity index (χ0v) is 15.7. The van der Waals surface area contributed by atoms with Gasteiger partial charge in [0.1, 0.15) is 5.82 Å². The van der Waals surface area contributed by atoms with Crippen LogP contribution >= 0.6 is 0 Å². The highest BCUT2D eigenvalue weighted by Crippen LogP contribution is 2.14. The van der Waals surface area contributed by atoms with E-state index in [-0.39, 0.29) is 29.7 Å². The predicted octanol–water partition coefficient (Wildman–Crippen LogP) is 1.38. The number of para-hydroxylation sites is 1. The van der Waals surface area contributed by atoms with E-state index in [2.05, 4.69) is 9.97 Å². The van der Waals surface area contributed by atoms with Gasteiger partial charge >= 0.3 is 0 Å². The smallest absolute Gasteiger partial charge is 0.258 e. The van der Waals surface area contributed by atoms with Crippen LogP contribution in [0, 0.1) is 0 Å². The minimum absolute atomic E-state index is 0.0405. The van der Waals surface area contributed by atoms with Crippen LogP contribution in [0.4, 0.5) is 0 Å². The maximum atomic E-state index is 12.8. The third-order valence-electron chi connectivity index (χ3n) is 4.81. The van der Waals surface area contributed by atoms with Crippen molar-refractivity contribution in [3.63, 3.8) is 0 Å². The number of morpholine rings is 1. The fraction of sp³-hybridized carbons (Fsp3) is 0.526. The van der Waals surface area contributed by atoms with E-state index in [1.807, 2.05) is 55.8 Å². The molecule has 1 fully saturated rings. The van der Waals surface area contributed by atoms with Crippen LogP contribution in [0.5, 0.6) is 0 Å². The average molecular weight is 358 g/mol. The Morgan fingerprint density at radius 3 is 2.69 bits per heavy atom. The van der Waals surface area contributed by atoms with E-state index in [0.29, 0.717) is 36.4 Å². The summed E-state index contributed by atoms with van der Waals surface area (Å²) < 4.78 is 5.70. The Balaban J connectivity index is 1.72. The van der Waals surface area contributed by atoms with E-state index in [1.165, 1.54) is 0 Å². The summed E-state index contributed by atoms with van der Waals surface area (Å²) in [7, 11) is 1.87. The monoisotopic (exact) mass is 358 g/mol. The average Bonchev–Trinajstić information content (AvgIpc) is 2.59. The Morgan fingerprint density at radius 1 is 1.35 bits per heavy atom. The number of fused-ring (bicyclic) bond motifs is 1. The van der Waals surface area contributed by atoms with E-state index < -0.39 is 0 Å². The number of hydrogen-bond acceptors (Lipinski definition) is 5. The number of aromatic nitrogens is 2. The third kappa shape index (κ3) is 3.94. The second-order valence-corrected chi connectivity index (χ2v) is 7.12. The Morgan fingerprint density at radius 2 is 2.00 bits per heavy atom. The van der Waals surface area contributed by atoms with Crippen molar-refractivity contribution in [2.75, 3.05) is 20.1 Å². The van der Waals surface area contributed by atoms with E-state index in [1.54, 1.807) is 6.07 Å². The van der Waals surface area contributed by atoms with E-state index in [9.17, 15) is 9.59 Å². The first-order valence-corrected chi connectivity index (χ1v) is 8.97. The highest BCUT2D eigenvalue weighted by atomic mass is 16.5. The summed E-state index contributed by atoms with van der Waals surface area (Å²) in [6.07, 6.45) is 0.0810. The maximum absolute atomic E-state index is 12.8. The number of amides is 1. The lowest BCUT2D eigenvalue weighted by atomic mass is 10.2. The van der Waals surface area contributed by atoms with E-state index >= 15 is 0 Å². The molecular formula is C19H26N4O3. The van der Waals surface area contributed by atoms with Gasteiger partial charge in [-0.2, -0.15) is 0 Å². The predicted molar refractivity (Wildman–Crippen MR) is 99.9 cm³/mol. The third-order valence-corrected chi connectivity index (χ3v) is 4.81. The van der Waals surface area contributed by atoms with Gasteiger partial charge in [0.05, 0.1) is 35.7 Å². The largest absolute Gasteiger partial charge is 0.372 e. The minimum Gasteiger partial charge on any atom is -0.372 e. The summed E-state index contributed by atoms with van der Waals surface area (Å²) in [4.78, 5) is 36.1. The van der Waals surface area contributed by atoms with Crippen LogP contribution in [-0.4, -0.2) is 64.1 Å². The molecule has 140 valence electrons. The lowest BCUT2D eigenvalue weighted by Crippen LogP contribution is -2.53. The number of H-pyrrole nitrogens is 1. The standard InChI is InChI=1S/C19H26N4O3/c1-12-9-23(10-13(2)26-12)19(25)14(3)22(4)11-17-20-16-8-6-5-7-15(16)18(24)21-17/h5-8,12-14H,9-11H2,1-4H3,(H,20,21,24)/t12-,13-,14+/m1/s1. The van der Waals surface area contributed by atoms with Crippen LogP contribution in [-0.2, 0) is 16.1 Å². The molecule has 1 saturated heterocycles. The summed E-state index contributed by atoms with van der Waals surface area (Å²) in [5.74, 6) is 0.622. The zero-order chi connectivity index (χ0) is 18.8. The van der Waals surface area contributed by atoms with Crippen molar-refractivity contribution in [1.82, 2.24) is 19.8 Å². The molecule has 2 aromatic rings. The van der Waals surface area contributed by atoms with Gasteiger partial charge in [-0.15, -0.1) is 0 Å². The number of ether oxygens (including phenoxy) is 1. The molecule has 26 heavy (non-hydrogen) atoms. The van der Waals surface area contributed by atoms with E-state index in [0.717, 1.165) is 0 Å². The van der Waals surface area contributed by atoms with Crippen molar-refractivity contribution in [1.29, 1.82) is 0 Å². The van der Waals surface area contributed by atoms with Gasteiger partial charge in [-0.3, -0.25) is 14.5 Å². The van der Waals surface area contributed by atoms with Gasteiger partial charge in [-0.25, -0.2) is 4.98 Å². The van der Waals surface area contributed by atoms with Gasteiger partial charge in [-0.1, -0.05) is 12.1 Å². The highest BCUT2D eigenvalue weighted by Gasteiger charge is 2.30. The molecule has 2 heterocycles. The van der Waals surface area contributed by atoms with Crippen molar-refractivity contribution in [2.24, 2.45) is 0 Å². The number of nitrogens with zero attached hydrogens (tertiary/aromatic N) is 3. The van der Waals surface area contributed by atoms with Gasteiger partial charge in [0.15, 0.2) is 0 Å².